The highest BCUT2D eigenvalue weighted by Crippen LogP contribution is 2.44. The lowest BCUT2D eigenvalue weighted by molar-refractivity contribution is -0.302. The zero-order chi connectivity index (χ0) is 41.4. The molecule has 1 saturated heterocycles. The fraction of sp³-hybridized carbons (Fsp3) is 0.156. The summed E-state index contributed by atoms with van der Waals surface area (Å²) < 4.78 is 31.5. The van der Waals surface area contributed by atoms with Gasteiger partial charge in [0, 0.05) is 6.54 Å². The summed E-state index contributed by atoms with van der Waals surface area (Å²) in [6.07, 6.45) is -5.71. The minimum absolute atomic E-state index is 0.0529. The van der Waals surface area contributed by atoms with E-state index in [1.807, 2.05) is 0 Å². The minimum Gasteiger partial charge on any atom is -0.459 e. The van der Waals surface area contributed by atoms with Gasteiger partial charge in [-0.25, -0.2) is 24.2 Å². The number of thioether (sulfide) groups is 1. The van der Waals surface area contributed by atoms with Crippen molar-refractivity contribution in [1.29, 1.82) is 0 Å². The van der Waals surface area contributed by atoms with Crippen LogP contribution in [0.5, 0.6) is 0 Å². The van der Waals surface area contributed by atoms with E-state index in [-0.39, 0.29) is 44.9 Å². The number of carbonyl (C=O) groups is 4. The van der Waals surface area contributed by atoms with Crippen molar-refractivity contribution in [2.75, 3.05) is 6.61 Å². The monoisotopic (exact) mass is 812 g/mol. The van der Waals surface area contributed by atoms with E-state index in [4.69, 9.17) is 23.7 Å². The standard InChI is InChI=1S/C45H36N2O11S/c1-2-27-47-39(48)33-25-15-16-26-34(33)46-44(47)59-45(53)38(57-43(52)32-23-13-6-14-24-32)37(56-42(51)31-21-11-5-12-22-31)36(55-41(50)30-19-9-4-10-20-30)35(58-45)28-54-40(49)29-17-7-3-8-18-29/h2-26,35-38,53H,1,27-28H2/t35-,36-,37+,38-,45+/m1/s1. The predicted molar refractivity (Wildman–Crippen MR) is 216 cm³/mol. The predicted octanol–water partition coefficient (Wildman–Crippen LogP) is 6.25. The maximum absolute atomic E-state index is 14.0. The van der Waals surface area contributed by atoms with Crippen molar-refractivity contribution >= 4 is 46.5 Å². The highest BCUT2D eigenvalue weighted by Gasteiger charge is 2.61. The molecule has 5 atom stereocenters. The van der Waals surface area contributed by atoms with Crippen molar-refractivity contribution in [3.8, 4) is 0 Å². The first-order chi connectivity index (χ1) is 28.6. The molecule has 0 unspecified atom stereocenters. The molecule has 13 nitrogen and oxygen atoms in total. The van der Waals surface area contributed by atoms with Crippen molar-refractivity contribution in [2.24, 2.45) is 0 Å². The van der Waals surface area contributed by atoms with Gasteiger partial charge in [-0.3, -0.25) is 9.36 Å². The summed E-state index contributed by atoms with van der Waals surface area (Å²) >= 11 is 0.474. The number of ether oxygens (including phenoxy) is 5. The molecule has 0 saturated carbocycles. The Morgan fingerprint density at radius 1 is 0.678 bits per heavy atom. The van der Waals surface area contributed by atoms with Crippen LogP contribution in [0, 0.1) is 0 Å². The molecule has 0 radical (unpaired) electrons. The Kier molecular flexibility index (Phi) is 12.4. The van der Waals surface area contributed by atoms with Crippen LogP contribution in [0.2, 0.25) is 0 Å². The minimum atomic E-state index is -2.80. The smallest absolute Gasteiger partial charge is 0.338 e. The molecule has 2 heterocycles. The topological polar surface area (TPSA) is 170 Å². The van der Waals surface area contributed by atoms with Gasteiger partial charge in [-0.1, -0.05) is 91.0 Å². The van der Waals surface area contributed by atoms with Gasteiger partial charge in [0.2, 0.25) is 6.10 Å². The summed E-state index contributed by atoms with van der Waals surface area (Å²) in [6, 6.07) is 38.1. The van der Waals surface area contributed by atoms with Crippen molar-refractivity contribution in [3.05, 3.63) is 191 Å². The quantitative estimate of drug-likeness (QED) is 0.0457. The molecular formula is C45H36N2O11S. The number of nitrogens with zero attached hydrogens (tertiary/aromatic N) is 2. The number of hydrogen-bond acceptors (Lipinski definition) is 13. The molecular weight excluding hydrogens is 777 g/mol. The van der Waals surface area contributed by atoms with Gasteiger partial charge in [0.25, 0.3) is 10.7 Å². The number of allylic oxidation sites excluding steroid dienone is 1. The maximum Gasteiger partial charge on any atom is 0.338 e. The molecule has 0 amide bonds. The molecule has 7 rings (SSSR count). The fourth-order valence-corrected chi connectivity index (χ4v) is 7.46. The van der Waals surface area contributed by atoms with E-state index in [9.17, 15) is 29.1 Å². The molecule has 0 spiro atoms. The average molecular weight is 813 g/mol. The van der Waals surface area contributed by atoms with Gasteiger partial charge < -0.3 is 28.8 Å². The lowest BCUT2D eigenvalue weighted by Gasteiger charge is -2.48. The van der Waals surface area contributed by atoms with E-state index in [0.717, 1.165) is 0 Å². The van der Waals surface area contributed by atoms with Crippen LogP contribution in [0.15, 0.2) is 168 Å². The average Bonchev–Trinajstić information content (AvgIpc) is 3.27. The van der Waals surface area contributed by atoms with E-state index < -0.39 is 65.6 Å². The number of rotatable bonds is 13. The fourth-order valence-electron chi connectivity index (χ4n) is 6.32. The van der Waals surface area contributed by atoms with Crippen LogP contribution < -0.4 is 5.56 Å². The van der Waals surface area contributed by atoms with Crippen LogP contribution in [-0.2, 0) is 30.2 Å². The second-order valence-electron chi connectivity index (χ2n) is 13.1. The normalized spacial score (nSPS) is 19.9. The summed E-state index contributed by atoms with van der Waals surface area (Å²) in [7, 11) is 0. The van der Waals surface area contributed by atoms with Gasteiger partial charge in [-0.2, -0.15) is 0 Å². The summed E-state index contributed by atoms with van der Waals surface area (Å²) in [5, 5.41) is 10.3. The van der Waals surface area contributed by atoms with Gasteiger partial charge in [0.1, 0.15) is 12.7 Å². The van der Waals surface area contributed by atoms with E-state index in [0.29, 0.717) is 11.8 Å². The SMILES string of the molecule is C=CCn1c(S[C@@]2(O)O[C@H](COC(=O)c3ccccc3)[C@@H](OC(=O)c3ccccc3)[C@H](OC(=O)c3ccccc3)[C@H]2OC(=O)c2ccccc2)nc2ccccc2c1=O. The Morgan fingerprint density at radius 2 is 1.14 bits per heavy atom. The number of aromatic nitrogens is 2. The zero-order valence-electron chi connectivity index (χ0n) is 31.2. The van der Waals surface area contributed by atoms with E-state index in [2.05, 4.69) is 11.6 Å². The van der Waals surface area contributed by atoms with Crippen molar-refractivity contribution in [3.63, 3.8) is 0 Å². The molecule has 0 bridgehead atoms. The third kappa shape index (κ3) is 9.15. The Bertz CT molecular complexity index is 2520. The number of hydrogen-bond donors (Lipinski definition) is 1. The first kappa shape index (κ1) is 40.3. The number of benzene rings is 5. The third-order valence-electron chi connectivity index (χ3n) is 9.18. The second-order valence-corrected chi connectivity index (χ2v) is 14.3. The van der Waals surface area contributed by atoms with Gasteiger partial charge in [0.15, 0.2) is 17.4 Å². The van der Waals surface area contributed by atoms with Crippen LogP contribution in [0.3, 0.4) is 0 Å². The Hall–Kier alpha value is -6.87. The first-order valence-corrected chi connectivity index (χ1v) is 19.2. The van der Waals surface area contributed by atoms with Crippen LogP contribution in [-0.4, -0.2) is 74.7 Å². The first-order valence-electron chi connectivity index (χ1n) is 18.3. The Balaban J connectivity index is 1.39. The van der Waals surface area contributed by atoms with Crippen LogP contribution in [0.1, 0.15) is 41.4 Å². The number of para-hydroxylation sites is 1. The lowest BCUT2D eigenvalue weighted by atomic mass is 9.97. The Morgan fingerprint density at radius 3 is 1.66 bits per heavy atom. The third-order valence-corrected chi connectivity index (χ3v) is 10.3. The summed E-state index contributed by atoms with van der Waals surface area (Å²) in [6.45, 7) is 3.03. The molecule has 1 aliphatic rings. The van der Waals surface area contributed by atoms with Crippen LogP contribution in [0.25, 0.3) is 10.9 Å². The number of esters is 4. The molecule has 298 valence electrons. The molecule has 1 N–H and O–H groups in total. The number of aliphatic hydroxyl groups is 1. The van der Waals surface area contributed by atoms with Crippen molar-refractivity contribution in [1.82, 2.24) is 9.55 Å². The highest BCUT2D eigenvalue weighted by molar-refractivity contribution is 8.00. The van der Waals surface area contributed by atoms with Gasteiger partial charge in [-0.15, -0.1) is 6.58 Å². The van der Waals surface area contributed by atoms with E-state index in [1.165, 1.54) is 59.2 Å². The van der Waals surface area contributed by atoms with Gasteiger partial charge >= 0.3 is 23.9 Å². The van der Waals surface area contributed by atoms with Crippen LogP contribution in [0.4, 0.5) is 0 Å². The van der Waals surface area contributed by atoms with Crippen molar-refractivity contribution in [2.45, 2.75) is 41.2 Å². The second kappa shape index (κ2) is 18.2. The molecule has 6 aromatic rings. The van der Waals surface area contributed by atoms with Crippen molar-refractivity contribution < 1.29 is 48.0 Å². The van der Waals surface area contributed by atoms with Gasteiger partial charge in [-0.05, 0) is 72.4 Å². The van der Waals surface area contributed by atoms with Gasteiger partial charge in [0.05, 0.1) is 33.2 Å². The summed E-state index contributed by atoms with van der Waals surface area (Å²) in [5.74, 6) is -3.61. The largest absolute Gasteiger partial charge is 0.459 e. The van der Waals surface area contributed by atoms with E-state index in [1.54, 1.807) is 97.1 Å². The lowest BCUT2D eigenvalue weighted by Crippen LogP contribution is -2.67. The van der Waals surface area contributed by atoms with E-state index >= 15 is 0 Å². The Labute approximate surface area is 341 Å². The molecule has 1 aromatic heterocycles. The molecule has 1 fully saturated rings. The summed E-state index contributed by atoms with van der Waals surface area (Å²) in [4.78, 5) is 73.6. The molecule has 1 aliphatic heterocycles. The maximum atomic E-state index is 14.0. The zero-order valence-corrected chi connectivity index (χ0v) is 32.0. The van der Waals surface area contributed by atoms with Crippen LogP contribution >= 0.6 is 11.8 Å². The summed E-state index contributed by atoms with van der Waals surface area (Å²) in [5.41, 5.74) is 0.193. The number of fused-ring (bicyclic) bond motifs is 1. The molecule has 5 aromatic carbocycles. The number of carbonyl (C=O) groups excluding carboxylic acids is 4. The molecule has 0 aliphatic carbocycles. The highest BCUT2D eigenvalue weighted by atomic mass is 32.2. The molecule has 59 heavy (non-hydrogen) atoms. The molecule has 14 heteroatoms.